The van der Waals surface area contributed by atoms with Gasteiger partial charge in [0.2, 0.25) is 0 Å². The molecule has 0 saturated heterocycles. The Bertz CT molecular complexity index is 3680. The van der Waals surface area contributed by atoms with Crippen LogP contribution in [0.25, 0.3) is 31.3 Å². The molecular formula is C61H39N3S2. The summed E-state index contributed by atoms with van der Waals surface area (Å²) in [6.07, 6.45) is 0. The van der Waals surface area contributed by atoms with Crippen LogP contribution in [-0.2, 0) is 5.41 Å². The maximum absolute atomic E-state index is 2.53. The van der Waals surface area contributed by atoms with Gasteiger partial charge in [-0.2, -0.15) is 0 Å². The third-order valence-corrected chi connectivity index (χ3v) is 16.1. The van der Waals surface area contributed by atoms with Crippen molar-refractivity contribution in [1.29, 1.82) is 0 Å². The molecule has 14 rings (SSSR count). The predicted molar refractivity (Wildman–Crippen MR) is 278 cm³/mol. The molecule has 3 heterocycles. The monoisotopic (exact) mass is 877 g/mol. The molecule has 1 aromatic heterocycles. The normalized spacial score (nSPS) is 14.9. The molecule has 66 heavy (non-hydrogen) atoms. The molecule has 10 aromatic carbocycles. The first-order chi connectivity index (χ1) is 32.7. The van der Waals surface area contributed by atoms with E-state index in [-0.39, 0.29) is 0 Å². The van der Waals surface area contributed by atoms with E-state index in [1.807, 2.05) is 23.1 Å². The largest absolute Gasteiger partial charge is 0.310 e. The molecule has 1 aliphatic carbocycles. The van der Waals surface area contributed by atoms with Crippen molar-refractivity contribution in [2.45, 2.75) is 15.2 Å². The fraction of sp³-hybridized carbons (Fsp3) is 0.0164. The Morgan fingerprint density at radius 3 is 1.48 bits per heavy atom. The number of benzene rings is 10. The number of thiophene rings is 1. The lowest BCUT2D eigenvalue weighted by atomic mass is 9.64. The van der Waals surface area contributed by atoms with Crippen molar-refractivity contribution in [1.82, 2.24) is 0 Å². The minimum absolute atomic E-state index is 0.507. The first-order valence-electron chi connectivity index (χ1n) is 22.5. The summed E-state index contributed by atoms with van der Waals surface area (Å²) in [6, 6.07) is 87.4. The summed E-state index contributed by atoms with van der Waals surface area (Å²) < 4.78 is 2.54. The van der Waals surface area contributed by atoms with Crippen LogP contribution in [0.3, 0.4) is 0 Å². The molecular weight excluding hydrogens is 839 g/mol. The smallest absolute Gasteiger partial charge is 0.0754 e. The van der Waals surface area contributed by atoms with Gasteiger partial charge in [-0.05, 0) is 143 Å². The molecule has 0 saturated carbocycles. The van der Waals surface area contributed by atoms with Crippen LogP contribution < -0.4 is 14.7 Å². The first kappa shape index (κ1) is 37.5. The molecule has 0 N–H and O–H groups in total. The number of rotatable bonds is 6. The molecule has 1 spiro atoms. The minimum atomic E-state index is -0.507. The molecule has 0 radical (unpaired) electrons. The summed E-state index contributed by atoms with van der Waals surface area (Å²) in [5.41, 5.74) is 17.8. The molecule has 0 bridgehead atoms. The number of hydrogen-bond donors (Lipinski definition) is 0. The summed E-state index contributed by atoms with van der Waals surface area (Å²) >= 11 is 3.74. The quantitative estimate of drug-likeness (QED) is 0.165. The second-order valence-corrected chi connectivity index (χ2v) is 19.4. The van der Waals surface area contributed by atoms with Crippen LogP contribution in [0.5, 0.6) is 0 Å². The van der Waals surface area contributed by atoms with E-state index in [1.165, 1.54) is 80.4 Å². The predicted octanol–water partition coefficient (Wildman–Crippen LogP) is 17.6. The number of fused-ring (bicyclic) bond motifs is 14. The molecule has 2 aliphatic heterocycles. The van der Waals surface area contributed by atoms with Crippen LogP contribution in [0.1, 0.15) is 22.3 Å². The van der Waals surface area contributed by atoms with Gasteiger partial charge in [0.05, 0.1) is 22.5 Å². The highest BCUT2D eigenvalue weighted by Gasteiger charge is 2.53. The fourth-order valence-electron chi connectivity index (χ4n) is 11.1. The summed E-state index contributed by atoms with van der Waals surface area (Å²) in [7, 11) is 0. The number of hydrogen-bond acceptors (Lipinski definition) is 5. The zero-order valence-corrected chi connectivity index (χ0v) is 37.3. The lowest BCUT2D eigenvalue weighted by Crippen LogP contribution is -2.37. The Hall–Kier alpha value is -7.83. The first-order valence-corrected chi connectivity index (χ1v) is 24.1. The second-order valence-electron chi connectivity index (χ2n) is 17.2. The Morgan fingerprint density at radius 1 is 0.333 bits per heavy atom. The highest BCUT2D eigenvalue weighted by Crippen LogP contribution is 2.67. The number of nitrogens with zero attached hydrogens (tertiary/aromatic N) is 3. The van der Waals surface area contributed by atoms with E-state index in [9.17, 15) is 0 Å². The van der Waals surface area contributed by atoms with Crippen LogP contribution in [0.15, 0.2) is 246 Å². The third-order valence-electron chi connectivity index (χ3n) is 13.8. The van der Waals surface area contributed by atoms with Crippen molar-refractivity contribution < 1.29 is 0 Å². The Balaban J connectivity index is 0.957. The zero-order chi connectivity index (χ0) is 43.3. The van der Waals surface area contributed by atoms with Crippen molar-refractivity contribution in [3.05, 3.63) is 259 Å². The van der Waals surface area contributed by atoms with Crippen molar-refractivity contribution in [3.8, 4) is 11.1 Å². The van der Waals surface area contributed by atoms with Crippen molar-refractivity contribution in [3.63, 3.8) is 0 Å². The van der Waals surface area contributed by atoms with E-state index in [4.69, 9.17) is 0 Å². The van der Waals surface area contributed by atoms with Gasteiger partial charge >= 0.3 is 0 Å². The molecule has 3 nitrogen and oxygen atoms in total. The van der Waals surface area contributed by atoms with Crippen LogP contribution >= 0.6 is 23.1 Å². The van der Waals surface area contributed by atoms with Gasteiger partial charge in [-0.25, -0.2) is 0 Å². The molecule has 3 aliphatic rings. The third kappa shape index (κ3) is 5.39. The molecule has 0 fully saturated rings. The maximum atomic E-state index is 2.53. The van der Waals surface area contributed by atoms with E-state index in [0.717, 1.165) is 34.1 Å². The summed E-state index contributed by atoms with van der Waals surface area (Å²) in [5.74, 6) is 0. The SMILES string of the molecule is c1ccc(N(c2ccccc2)c2ccc3sc4ccc(N(c5ccccc5)c5ccc6c(c5)-c5ccccc5C65c6ccccc6N6c7ccccc7Sc7cccc5c76)cc4c3c2)cc1. The lowest BCUT2D eigenvalue weighted by Gasteiger charge is -2.47. The van der Waals surface area contributed by atoms with Gasteiger partial charge in [-0.1, -0.05) is 139 Å². The standard InChI is InChI=1S/C61H39N3S2/c1-4-17-40(18-5-1)62(41-19-6-2-7-20-41)44-32-35-56-48(38-44)49-39-45(33-36-57(49)65-56)63(42-21-8-3-9-22-42)43-31-34-51-47(37-43)46-23-10-11-24-50(46)61(51)52-25-12-13-27-54(52)64-55-28-14-15-29-58(55)66-59-30-16-26-53(61)60(59)64/h1-39H. The second kappa shape index (κ2) is 14.6. The van der Waals surface area contributed by atoms with Gasteiger partial charge < -0.3 is 14.7 Å². The van der Waals surface area contributed by atoms with E-state index in [1.54, 1.807) is 0 Å². The van der Waals surface area contributed by atoms with Gasteiger partial charge in [0, 0.05) is 64.1 Å². The van der Waals surface area contributed by atoms with E-state index >= 15 is 0 Å². The average molecular weight is 878 g/mol. The number of anilines is 9. The average Bonchev–Trinajstić information content (AvgIpc) is 3.89. The van der Waals surface area contributed by atoms with E-state index in [0.29, 0.717) is 0 Å². The van der Waals surface area contributed by atoms with Crippen molar-refractivity contribution >= 4 is 94.5 Å². The van der Waals surface area contributed by atoms with Gasteiger partial charge in [0.1, 0.15) is 0 Å². The summed E-state index contributed by atoms with van der Waals surface area (Å²) in [4.78, 5) is 9.88. The van der Waals surface area contributed by atoms with Gasteiger partial charge in [-0.15, -0.1) is 11.3 Å². The molecule has 1 atom stereocenters. The van der Waals surface area contributed by atoms with Gasteiger partial charge in [-0.3, -0.25) is 0 Å². The zero-order valence-electron chi connectivity index (χ0n) is 35.7. The van der Waals surface area contributed by atoms with Crippen molar-refractivity contribution in [2.24, 2.45) is 0 Å². The topological polar surface area (TPSA) is 9.72 Å². The Morgan fingerprint density at radius 2 is 0.818 bits per heavy atom. The van der Waals surface area contributed by atoms with Gasteiger partial charge in [0.25, 0.3) is 0 Å². The minimum Gasteiger partial charge on any atom is -0.310 e. The van der Waals surface area contributed by atoms with Gasteiger partial charge in [0.15, 0.2) is 0 Å². The highest BCUT2D eigenvalue weighted by atomic mass is 32.2. The van der Waals surface area contributed by atoms with Crippen LogP contribution in [0.4, 0.5) is 51.2 Å². The summed E-state index contributed by atoms with van der Waals surface area (Å²) in [6.45, 7) is 0. The van der Waals surface area contributed by atoms with E-state index < -0.39 is 5.41 Å². The van der Waals surface area contributed by atoms with E-state index in [2.05, 4.69) is 251 Å². The molecule has 0 amide bonds. The number of para-hydroxylation sites is 6. The van der Waals surface area contributed by atoms with Crippen molar-refractivity contribution in [2.75, 3.05) is 14.7 Å². The Kier molecular flexibility index (Phi) is 8.30. The van der Waals surface area contributed by atoms with Crippen LogP contribution in [0, 0.1) is 0 Å². The highest BCUT2D eigenvalue weighted by molar-refractivity contribution is 7.99. The Labute approximate surface area is 392 Å². The lowest BCUT2D eigenvalue weighted by molar-refractivity contribution is 0.746. The maximum Gasteiger partial charge on any atom is 0.0754 e. The molecule has 310 valence electrons. The fourth-order valence-corrected chi connectivity index (χ4v) is 13.3. The van der Waals surface area contributed by atoms with Crippen LogP contribution in [0.2, 0.25) is 0 Å². The van der Waals surface area contributed by atoms with Crippen LogP contribution in [-0.4, -0.2) is 0 Å². The summed E-state index contributed by atoms with van der Waals surface area (Å²) in [5, 5.41) is 2.50. The molecule has 5 heteroatoms. The molecule has 11 aromatic rings. The molecule has 1 unspecified atom stereocenters.